The van der Waals surface area contributed by atoms with Crippen LogP contribution in [0.25, 0.3) is 11.1 Å². The Morgan fingerprint density at radius 2 is 0.947 bits per heavy atom. The molecule has 15 heteroatoms. The van der Waals surface area contributed by atoms with Crippen molar-refractivity contribution in [1.29, 1.82) is 31.6 Å². The molecule has 2 aromatic carbocycles. The maximum Gasteiger partial charge on any atom is 0.417 e. The summed E-state index contributed by atoms with van der Waals surface area (Å²) in [5.74, 6) is 0. The van der Waals surface area contributed by atoms with E-state index in [1.54, 1.807) is 0 Å². The van der Waals surface area contributed by atoms with Crippen LogP contribution in [0.2, 0.25) is 0 Å². The number of nitrogens with zero attached hydrogens (tertiary/aromatic N) is 6. The Hall–Kier alpha value is -5.51. The van der Waals surface area contributed by atoms with Crippen LogP contribution < -0.4 is 10.4 Å². The van der Waals surface area contributed by atoms with Crippen molar-refractivity contribution in [1.82, 2.24) is 0 Å². The molecular formula is C23H3F9N6. The van der Waals surface area contributed by atoms with E-state index in [4.69, 9.17) is 15.8 Å². The summed E-state index contributed by atoms with van der Waals surface area (Å²) in [6.45, 7) is 0. The minimum Gasteiger partial charge on any atom is -0.192 e. The Kier molecular flexibility index (Phi) is 7.45. The van der Waals surface area contributed by atoms with E-state index in [-0.39, 0.29) is 18.2 Å². The van der Waals surface area contributed by atoms with Crippen LogP contribution in [0.15, 0.2) is 18.2 Å². The summed E-state index contributed by atoms with van der Waals surface area (Å²) in [7, 11) is 0. The highest BCUT2D eigenvalue weighted by atomic mass is 19.4. The Labute approximate surface area is 205 Å². The van der Waals surface area contributed by atoms with Crippen molar-refractivity contribution in [3.63, 3.8) is 0 Å². The maximum atomic E-state index is 14.0. The molecule has 6 nitrogen and oxygen atoms in total. The summed E-state index contributed by atoms with van der Waals surface area (Å²) in [4.78, 5) is 0. The van der Waals surface area contributed by atoms with Crippen LogP contribution in [0, 0.1) is 68.0 Å². The lowest BCUT2D eigenvalue weighted by atomic mass is 9.89. The van der Waals surface area contributed by atoms with Gasteiger partial charge in [0.25, 0.3) is 0 Å². The number of nitriles is 6. The molecule has 0 radical (unpaired) electrons. The highest BCUT2D eigenvalue weighted by molar-refractivity contribution is 5.82. The monoisotopic (exact) mass is 534 g/mol. The molecule has 0 aliphatic carbocycles. The van der Waals surface area contributed by atoms with E-state index in [2.05, 4.69) is 0 Å². The third kappa shape index (κ3) is 5.05. The van der Waals surface area contributed by atoms with Gasteiger partial charge < -0.3 is 0 Å². The zero-order valence-electron chi connectivity index (χ0n) is 17.8. The number of hydrogen-bond donors (Lipinski definition) is 0. The number of halogens is 9. The van der Waals surface area contributed by atoms with Crippen LogP contribution >= 0.6 is 0 Å². The first-order chi connectivity index (χ1) is 17.5. The van der Waals surface area contributed by atoms with E-state index >= 15 is 0 Å². The van der Waals surface area contributed by atoms with Crippen LogP contribution in [0.1, 0.15) is 38.9 Å². The molecule has 0 aliphatic rings. The summed E-state index contributed by atoms with van der Waals surface area (Å²) in [5.41, 5.74) is -14.8. The average Bonchev–Trinajstić information content (AvgIpc) is 2.82. The fourth-order valence-electron chi connectivity index (χ4n) is 3.36. The predicted octanol–water partition coefficient (Wildman–Crippen LogP) is 4.28. The van der Waals surface area contributed by atoms with Crippen molar-refractivity contribution in [3.05, 3.63) is 67.6 Å². The van der Waals surface area contributed by atoms with Gasteiger partial charge in [0.15, 0.2) is 0 Å². The lowest BCUT2D eigenvalue weighted by molar-refractivity contribution is -0.143. The molecule has 0 heterocycles. The van der Waals surface area contributed by atoms with Crippen molar-refractivity contribution in [2.45, 2.75) is 18.5 Å². The highest BCUT2D eigenvalue weighted by Gasteiger charge is 2.42. The van der Waals surface area contributed by atoms with Gasteiger partial charge in [-0.3, -0.25) is 0 Å². The summed E-state index contributed by atoms with van der Waals surface area (Å²) in [6, 6.07) is 6.27. The van der Waals surface area contributed by atoms with Crippen molar-refractivity contribution in [2.24, 2.45) is 0 Å². The van der Waals surface area contributed by atoms with Gasteiger partial charge in [-0.1, -0.05) is 0 Å². The Bertz CT molecular complexity index is 1680. The molecule has 2 rings (SSSR count). The first kappa shape index (κ1) is 28.7. The zero-order chi connectivity index (χ0) is 29.2. The SMILES string of the molecule is N#CC(C#N)=c1cc(C(F)(F)F)/c(=C(/C#N)c2cc(C(F)(F)F)c(C#N)c(C(F)(F)F)c2)c(C#N)c1C#N. The van der Waals surface area contributed by atoms with Crippen LogP contribution in [0.4, 0.5) is 39.5 Å². The molecule has 2 aromatic rings. The number of benzene rings is 2. The second-order valence-corrected chi connectivity index (χ2v) is 6.96. The van der Waals surface area contributed by atoms with Crippen LogP contribution in [0.5, 0.6) is 0 Å². The van der Waals surface area contributed by atoms with Gasteiger partial charge in [0, 0.05) is 10.4 Å². The van der Waals surface area contributed by atoms with Gasteiger partial charge in [-0.25, -0.2) is 0 Å². The van der Waals surface area contributed by atoms with E-state index in [1.165, 1.54) is 18.2 Å². The van der Waals surface area contributed by atoms with Gasteiger partial charge in [-0.05, 0) is 23.8 Å². The zero-order valence-corrected chi connectivity index (χ0v) is 17.8. The maximum absolute atomic E-state index is 14.0. The Balaban J connectivity index is 3.52. The van der Waals surface area contributed by atoms with Crippen molar-refractivity contribution in [2.75, 3.05) is 0 Å². The third-order valence-electron chi connectivity index (χ3n) is 4.86. The van der Waals surface area contributed by atoms with Gasteiger partial charge in [-0.15, -0.1) is 0 Å². The molecule has 0 saturated heterocycles. The number of rotatable bonds is 1. The molecular weight excluding hydrogens is 531 g/mol. The molecule has 0 N–H and O–H groups in total. The molecule has 38 heavy (non-hydrogen) atoms. The number of hydrogen-bond acceptors (Lipinski definition) is 6. The summed E-state index contributed by atoms with van der Waals surface area (Å²) >= 11 is 0. The Morgan fingerprint density at radius 3 is 1.26 bits per heavy atom. The van der Waals surface area contributed by atoms with Crippen molar-refractivity contribution in [3.8, 4) is 36.4 Å². The first-order valence-corrected chi connectivity index (χ1v) is 9.27. The smallest absolute Gasteiger partial charge is 0.192 e. The van der Waals surface area contributed by atoms with Crippen molar-refractivity contribution >= 4 is 11.1 Å². The first-order valence-electron chi connectivity index (χ1n) is 9.27. The molecule has 188 valence electrons. The Morgan fingerprint density at radius 1 is 0.526 bits per heavy atom. The molecule has 0 fully saturated rings. The van der Waals surface area contributed by atoms with E-state index in [0.717, 1.165) is 18.2 Å². The highest BCUT2D eigenvalue weighted by Crippen LogP contribution is 2.41. The lowest BCUT2D eigenvalue weighted by Gasteiger charge is -2.17. The molecule has 0 saturated carbocycles. The molecule has 0 spiro atoms. The topological polar surface area (TPSA) is 143 Å². The van der Waals surface area contributed by atoms with Gasteiger partial charge in [0.1, 0.15) is 42.0 Å². The standard InChI is InChI=1S/C23H3F9N6/c24-21(25,26)17-1-10(2-18(16(17)9-38)22(27,28)29)13(6-35)20-15(8-37)14(7-36)12(11(4-33)5-34)3-19(20)23(30,31)32/h1-3H/b20-13-. The minimum atomic E-state index is -5.64. The van der Waals surface area contributed by atoms with Gasteiger partial charge in [0.05, 0.1) is 39.0 Å². The quantitative estimate of drug-likeness (QED) is 0.500. The van der Waals surface area contributed by atoms with E-state index in [1.807, 2.05) is 0 Å². The molecule has 0 aliphatic heterocycles. The van der Waals surface area contributed by atoms with Crippen LogP contribution in [0.3, 0.4) is 0 Å². The fourth-order valence-corrected chi connectivity index (χ4v) is 3.36. The van der Waals surface area contributed by atoms with E-state index in [0.29, 0.717) is 0 Å². The van der Waals surface area contributed by atoms with Crippen molar-refractivity contribution < 1.29 is 39.5 Å². The van der Waals surface area contributed by atoms with E-state index in [9.17, 15) is 55.3 Å². The summed E-state index contributed by atoms with van der Waals surface area (Å²) in [6.07, 6.45) is -16.8. The second kappa shape index (κ2) is 9.86. The number of alkyl halides is 9. The summed E-state index contributed by atoms with van der Waals surface area (Å²) < 4.78 is 123. The minimum absolute atomic E-state index is 0.00677. The van der Waals surface area contributed by atoms with Crippen LogP contribution in [-0.2, 0) is 18.5 Å². The average molecular weight is 534 g/mol. The third-order valence-corrected chi connectivity index (χ3v) is 4.86. The lowest BCUT2D eigenvalue weighted by Crippen LogP contribution is -2.31. The predicted molar refractivity (Wildman–Crippen MR) is 104 cm³/mol. The second-order valence-electron chi connectivity index (χ2n) is 6.96. The van der Waals surface area contributed by atoms with Gasteiger partial charge in [-0.2, -0.15) is 71.1 Å². The van der Waals surface area contributed by atoms with Crippen LogP contribution in [-0.4, -0.2) is 0 Å². The largest absolute Gasteiger partial charge is 0.417 e. The normalized spacial score (nSPS) is 12.1. The van der Waals surface area contributed by atoms with Gasteiger partial charge >= 0.3 is 18.5 Å². The molecule has 0 amide bonds. The molecule has 0 bridgehead atoms. The van der Waals surface area contributed by atoms with E-state index < -0.39 is 79.1 Å². The summed E-state index contributed by atoms with van der Waals surface area (Å²) in [5, 5.41) is 53.1. The fraction of sp³-hybridized carbons (Fsp3) is 0.130. The van der Waals surface area contributed by atoms with Gasteiger partial charge in [0.2, 0.25) is 0 Å². The molecule has 0 atom stereocenters. The molecule has 0 unspecified atom stereocenters. The molecule has 0 aromatic heterocycles.